The van der Waals surface area contributed by atoms with Crippen LogP contribution in [0.15, 0.2) is 10.7 Å². The molecule has 0 aromatic carbocycles. The molecule has 0 radical (unpaired) electrons. The molecule has 13 heavy (non-hydrogen) atoms. The quantitative estimate of drug-likeness (QED) is 0.763. The van der Waals surface area contributed by atoms with Gasteiger partial charge in [-0.1, -0.05) is 6.92 Å². The van der Waals surface area contributed by atoms with Gasteiger partial charge in [-0.25, -0.2) is 9.97 Å². The fourth-order valence-corrected chi connectivity index (χ4v) is 1.38. The Morgan fingerprint density at radius 2 is 2.08 bits per heavy atom. The zero-order chi connectivity index (χ0) is 9.84. The molecule has 3 nitrogen and oxygen atoms in total. The van der Waals surface area contributed by atoms with Crippen LogP contribution in [0.4, 0.5) is 5.82 Å². The summed E-state index contributed by atoms with van der Waals surface area (Å²) in [5.74, 6) is 1.85. The Morgan fingerprint density at radius 1 is 1.38 bits per heavy atom. The number of anilines is 1. The number of aromatic nitrogens is 2. The van der Waals surface area contributed by atoms with Crippen LogP contribution < -0.4 is 4.90 Å². The highest BCUT2D eigenvalue weighted by Gasteiger charge is 2.04. The van der Waals surface area contributed by atoms with Crippen molar-refractivity contribution in [2.45, 2.75) is 20.3 Å². The SMILES string of the molecule is CCc1nc(Br)cc(N(C)CC)n1. The van der Waals surface area contributed by atoms with E-state index in [0.29, 0.717) is 0 Å². The molecule has 72 valence electrons. The molecular weight excluding hydrogens is 230 g/mol. The number of nitrogens with zero attached hydrogens (tertiary/aromatic N) is 3. The first-order valence-electron chi connectivity index (χ1n) is 4.42. The van der Waals surface area contributed by atoms with Gasteiger partial charge in [0.25, 0.3) is 0 Å². The molecule has 0 aliphatic carbocycles. The van der Waals surface area contributed by atoms with Gasteiger partial charge in [0.2, 0.25) is 0 Å². The highest BCUT2D eigenvalue weighted by atomic mass is 79.9. The van der Waals surface area contributed by atoms with E-state index in [9.17, 15) is 0 Å². The molecule has 0 amide bonds. The maximum Gasteiger partial charge on any atom is 0.133 e. The molecule has 4 heteroatoms. The second-order valence-electron chi connectivity index (χ2n) is 2.83. The molecule has 0 atom stereocenters. The van der Waals surface area contributed by atoms with Gasteiger partial charge in [-0.3, -0.25) is 0 Å². The van der Waals surface area contributed by atoms with E-state index in [1.54, 1.807) is 0 Å². The summed E-state index contributed by atoms with van der Waals surface area (Å²) in [5.41, 5.74) is 0. The molecule has 0 aliphatic heterocycles. The molecule has 0 fully saturated rings. The Hall–Kier alpha value is -0.640. The second-order valence-corrected chi connectivity index (χ2v) is 3.65. The molecule has 0 unspecified atom stereocenters. The largest absolute Gasteiger partial charge is 0.360 e. The topological polar surface area (TPSA) is 29.0 Å². The van der Waals surface area contributed by atoms with Gasteiger partial charge in [0.15, 0.2) is 0 Å². The monoisotopic (exact) mass is 243 g/mol. The predicted molar refractivity (Wildman–Crippen MR) is 58.1 cm³/mol. The average Bonchev–Trinajstić information content (AvgIpc) is 2.15. The van der Waals surface area contributed by atoms with Crippen molar-refractivity contribution in [1.82, 2.24) is 9.97 Å². The van der Waals surface area contributed by atoms with Gasteiger partial charge in [-0.05, 0) is 22.9 Å². The van der Waals surface area contributed by atoms with E-state index in [1.165, 1.54) is 0 Å². The van der Waals surface area contributed by atoms with E-state index in [4.69, 9.17) is 0 Å². The van der Waals surface area contributed by atoms with Crippen molar-refractivity contribution in [3.05, 3.63) is 16.5 Å². The third-order valence-corrected chi connectivity index (χ3v) is 2.32. The summed E-state index contributed by atoms with van der Waals surface area (Å²) in [4.78, 5) is 10.7. The second kappa shape index (κ2) is 4.56. The molecule has 1 aromatic rings. The minimum absolute atomic E-state index is 0.856. The Labute approximate surface area is 87.3 Å². The van der Waals surface area contributed by atoms with Gasteiger partial charge in [-0.2, -0.15) is 0 Å². The van der Waals surface area contributed by atoms with Crippen LogP contribution in [0.5, 0.6) is 0 Å². The average molecular weight is 244 g/mol. The first-order chi connectivity index (χ1) is 6.17. The number of halogens is 1. The lowest BCUT2D eigenvalue weighted by Gasteiger charge is -2.15. The van der Waals surface area contributed by atoms with E-state index in [1.807, 2.05) is 13.1 Å². The molecule has 0 spiro atoms. The number of hydrogen-bond acceptors (Lipinski definition) is 3. The van der Waals surface area contributed by atoms with E-state index >= 15 is 0 Å². The first-order valence-corrected chi connectivity index (χ1v) is 5.21. The summed E-state index contributed by atoms with van der Waals surface area (Å²) in [7, 11) is 2.02. The zero-order valence-corrected chi connectivity index (χ0v) is 9.80. The highest BCUT2D eigenvalue weighted by Crippen LogP contribution is 2.15. The summed E-state index contributed by atoms with van der Waals surface area (Å²) in [5, 5.41) is 0. The molecule has 1 heterocycles. The van der Waals surface area contributed by atoms with E-state index < -0.39 is 0 Å². The van der Waals surface area contributed by atoms with Crippen LogP contribution in [0.3, 0.4) is 0 Å². The van der Waals surface area contributed by atoms with E-state index in [2.05, 4.69) is 44.6 Å². The molecule has 0 saturated heterocycles. The van der Waals surface area contributed by atoms with Crippen LogP contribution in [-0.4, -0.2) is 23.6 Å². The lowest BCUT2D eigenvalue weighted by atomic mass is 10.4. The van der Waals surface area contributed by atoms with Crippen molar-refractivity contribution in [3.8, 4) is 0 Å². The van der Waals surface area contributed by atoms with Crippen molar-refractivity contribution < 1.29 is 0 Å². The Balaban J connectivity index is 3.01. The van der Waals surface area contributed by atoms with Crippen LogP contribution >= 0.6 is 15.9 Å². The molecule has 1 aromatic heterocycles. The van der Waals surface area contributed by atoms with Crippen LogP contribution in [0.25, 0.3) is 0 Å². The van der Waals surface area contributed by atoms with Crippen LogP contribution in [0.1, 0.15) is 19.7 Å². The third-order valence-electron chi connectivity index (χ3n) is 1.91. The molecule has 0 aliphatic rings. The van der Waals surface area contributed by atoms with Crippen LogP contribution in [0.2, 0.25) is 0 Å². The molecule has 0 saturated carbocycles. The van der Waals surface area contributed by atoms with Gasteiger partial charge in [0, 0.05) is 26.1 Å². The molecule has 0 N–H and O–H groups in total. The minimum atomic E-state index is 0.856. The van der Waals surface area contributed by atoms with Crippen molar-refractivity contribution >= 4 is 21.7 Å². The zero-order valence-electron chi connectivity index (χ0n) is 8.21. The van der Waals surface area contributed by atoms with Gasteiger partial charge in [0.1, 0.15) is 16.2 Å². The number of rotatable bonds is 3. The number of aryl methyl sites for hydroxylation is 1. The Morgan fingerprint density at radius 3 is 2.62 bits per heavy atom. The van der Waals surface area contributed by atoms with E-state index in [-0.39, 0.29) is 0 Å². The maximum absolute atomic E-state index is 4.41. The van der Waals surface area contributed by atoms with Gasteiger partial charge in [0.05, 0.1) is 0 Å². The fourth-order valence-electron chi connectivity index (χ4n) is 0.967. The van der Waals surface area contributed by atoms with Gasteiger partial charge in [-0.15, -0.1) is 0 Å². The first kappa shape index (κ1) is 10.4. The van der Waals surface area contributed by atoms with Crippen molar-refractivity contribution in [2.75, 3.05) is 18.5 Å². The Kier molecular flexibility index (Phi) is 3.66. The standard InChI is InChI=1S/C9H14BrN3/c1-4-8-11-7(10)6-9(12-8)13(3)5-2/h6H,4-5H2,1-3H3. The summed E-state index contributed by atoms with van der Waals surface area (Å²) >= 11 is 3.37. The summed E-state index contributed by atoms with van der Waals surface area (Å²) < 4.78 is 0.856. The maximum atomic E-state index is 4.41. The molecule has 1 rings (SSSR count). The summed E-state index contributed by atoms with van der Waals surface area (Å²) in [6.07, 6.45) is 0.865. The third kappa shape index (κ3) is 2.66. The highest BCUT2D eigenvalue weighted by molar-refractivity contribution is 9.10. The lowest BCUT2D eigenvalue weighted by Crippen LogP contribution is -2.18. The summed E-state index contributed by atoms with van der Waals surface area (Å²) in [6.45, 7) is 5.10. The molecular formula is C9H14BrN3. The predicted octanol–water partition coefficient (Wildman–Crippen LogP) is 2.26. The van der Waals surface area contributed by atoms with Gasteiger partial charge < -0.3 is 4.90 Å². The minimum Gasteiger partial charge on any atom is -0.360 e. The normalized spacial score (nSPS) is 10.2. The lowest BCUT2D eigenvalue weighted by molar-refractivity contribution is 0.873. The smallest absolute Gasteiger partial charge is 0.133 e. The van der Waals surface area contributed by atoms with E-state index in [0.717, 1.165) is 29.2 Å². The Bertz CT molecular complexity index is 288. The summed E-state index contributed by atoms with van der Waals surface area (Å²) in [6, 6.07) is 1.93. The van der Waals surface area contributed by atoms with Gasteiger partial charge >= 0.3 is 0 Å². The van der Waals surface area contributed by atoms with Crippen LogP contribution in [-0.2, 0) is 6.42 Å². The number of hydrogen-bond donors (Lipinski definition) is 0. The van der Waals surface area contributed by atoms with Crippen LogP contribution in [0, 0.1) is 0 Å². The molecule has 0 bridgehead atoms. The fraction of sp³-hybridized carbons (Fsp3) is 0.556. The van der Waals surface area contributed by atoms with Crippen molar-refractivity contribution in [2.24, 2.45) is 0 Å². The van der Waals surface area contributed by atoms with Crippen molar-refractivity contribution in [1.29, 1.82) is 0 Å². The van der Waals surface area contributed by atoms with Crippen molar-refractivity contribution in [3.63, 3.8) is 0 Å².